The van der Waals surface area contributed by atoms with Gasteiger partial charge >= 0.3 is 0 Å². The summed E-state index contributed by atoms with van der Waals surface area (Å²) in [7, 11) is 1.63. The molecule has 0 aliphatic heterocycles. The van der Waals surface area contributed by atoms with Crippen LogP contribution in [0.1, 0.15) is 68.7 Å². The van der Waals surface area contributed by atoms with E-state index >= 15 is 0 Å². The van der Waals surface area contributed by atoms with Crippen molar-refractivity contribution in [2.24, 2.45) is 0 Å². The molecule has 0 aliphatic carbocycles. The number of amides is 2. The number of carbonyl (C=O) groups is 2. The van der Waals surface area contributed by atoms with Crippen LogP contribution in [0.4, 0.5) is 0 Å². The molecule has 0 radical (unpaired) electrons. The fourth-order valence-corrected chi connectivity index (χ4v) is 4.43. The first-order valence-electron chi connectivity index (χ1n) is 13.7. The minimum absolute atomic E-state index is 0.0222. The molecule has 0 saturated heterocycles. The van der Waals surface area contributed by atoms with E-state index < -0.39 is 6.04 Å². The van der Waals surface area contributed by atoms with Crippen LogP contribution in [0.15, 0.2) is 78.9 Å². The van der Waals surface area contributed by atoms with Crippen LogP contribution in [0.25, 0.3) is 0 Å². The van der Waals surface area contributed by atoms with E-state index in [-0.39, 0.29) is 17.9 Å². The van der Waals surface area contributed by atoms with Crippen LogP contribution in [0.3, 0.4) is 0 Å². The summed E-state index contributed by atoms with van der Waals surface area (Å²) in [6.45, 7) is 8.71. The highest BCUT2D eigenvalue weighted by atomic mass is 16.5. The van der Waals surface area contributed by atoms with E-state index in [4.69, 9.17) is 4.74 Å². The number of aryl methyl sites for hydroxylation is 1. The average Bonchev–Trinajstić information content (AvgIpc) is 2.94. The predicted octanol–water partition coefficient (Wildman–Crippen LogP) is 6.31. The molecule has 1 N–H and O–H groups in total. The molecule has 0 saturated carbocycles. The smallest absolute Gasteiger partial charge is 0.243 e. The van der Waals surface area contributed by atoms with Gasteiger partial charge in [-0.2, -0.15) is 0 Å². The van der Waals surface area contributed by atoms with Crippen molar-refractivity contribution in [1.29, 1.82) is 0 Å². The first-order valence-corrected chi connectivity index (χ1v) is 13.7. The van der Waals surface area contributed by atoms with Gasteiger partial charge in [0, 0.05) is 25.4 Å². The van der Waals surface area contributed by atoms with Crippen molar-refractivity contribution in [3.63, 3.8) is 0 Å². The maximum atomic E-state index is 13.9. The average molecular weight is 515 g/mol. The quantitative estimate of drug-likeness (QED) is 0.291. The first-order chi connectivity index (χ1) is 18.3. The summed E-state index contributed by atoms with van der Waals surface area (Å²) in [5.41, 5.74) is 4.34. The van der Waals surface area contributed by atoms with E-state index in [1.807, 2.05) is 68.4 Å². The lowest BCUT2D eigenvalue weighted by molar-refractivity contribution is -0.141. The van der Waals surface area contributed by atoms with Crippen LogP contribution in [0, 0.1) is 0 Å². The zero-order chi connectivity index (χ0) is 27.5. The Bertz CT molecular complexity index is 1160. The number of rotatable bonds is 13. The Kier molecular flexibility index (Phi) is 11.0. The summed E-state index contributed by atoms with van der Waals surface area (Å²) < 4.78 is 5.42. The standard InChI is InChI=1S/C33H42N2O3/c1-6-25(4)34-33(37)31(22-27-11-8-7-9-12-27)35(23-28-13-10-14-30(21-28)38-5)32(36)20-17-26-15-18-29(19-16-26)24(2)3/h7-16,18-19,21,24-25,31H,6,17,20,22-23H2,1-5H3,(H,34,37)/t25-,31+/m1/s1. The Balaban J connectivity index is 1.90. The minimum atomic E-state index is -0.631. The zero-order valence-corrected chi connectivity index (χ0v) is 23.4. The number of ether oxygens (including phenoxy) is 1. The molecule has 5 nitrogen and oxygen atoms in total. The van der Waals surface area contributed by atoms with Gasteiger partial charge in [-0.1, -0.05) is 87.5 Å². The fourth-order valence-electron chi connectivity index (χ4n) is 4.43. The molecule has 38 heavy (non-hydrogen) atoms. The third kappa shape index (κ3) is 8.47. The molecule has 3 aromatic rings. The summed E-state index contributed by atoms with van der Waals surface area (Å²) >= 11 is 0. The minimum Gasteiger partial charge on any atom is -0.497 e. The van der Waals surface area contributed by atoms with Gasteiger partial charge in [0.15, 0.2) is 0 Å². The van der Waals surface area contributed by atoms with Gasteiger partial charge < -0.3 is 15.0 Å². The van der Waals surface area contributed by atoms with Gasteiger partial charge in [0.2, 0.25) is 11.8 Å². The van der Waals surface area contributed by atoms with E-state index in [0.717, 1.165) is 28.9 Å². The summed E-state index contributed by atoms with van der Waals surface area (Å²) in [4.78, 5) is 29.2. The highest BCUT2D eigenvalue weighted by molar-refractivity contribution is 5.88. The molecule has 0 aliphatic rings. The van der Waals surface area contributed by atoms with E-state index in [0.29, 0.717) is 31.7 Å². The van der Waals surface area contributed by atoms with Crippen molar-refractivity contribution in [2.45, 2.75) is 77.9 Å². The molecular weight excluding hydrogens is 472 g/mol. The van der Waals surface area contributed by atoms with Crippen LogP contribution < -0.4 is 10.1 Å². The van der Waals surface area contributed by atoms with Gasteiger partial charge in [0.1, 0.15) is 11.8 Å². The van der Waals surface area contributed by atoms with Crippen LogP contribution in [-0.4, -0.2) is 35.9 Å². The normalized spacial score (nSPS) is 12.6. The monoisotopic (exact) mass is 514 g/mol. The van der Waals surface area contributed by atoms with E-state index in [9.17, 15) is 9.59 Å². The Morgan fingerprint density at radius 2 is 1.55 bits per heavy atom. The van der Waals surface area contributed by atoms with E-state index in [1.165, 1.54) is 5.56 Å². The molecular formula is C33H42N2O3. The maximum Gasteiger partial charge on any atom is 0.243 e. The van der Waals surface area contributed by atoms with E-state index in [1.54, 1.807) is 12.0 Å². The summed E-state index contributed by atoms with van der Waals surface area (Å²) in [6, 6.07) is 25.5. The van der Waals surface area contributed by atoms with Gasteiger partial charge in [-0.05, 0) is 60.1 Å². The van der Waals surface area contributed by atoms with Crippen LogP contribution in [-0.2, 0) is 29.0 Å². The Labute approximate surface area is 228 Å². The number of benzene rings is 3. The molecule has 2 amide bonds. The molecule has 0 fully saturated rings. The van der Waals surface area contributed by atoms with Gasteiger partial charge in [-0.25, -0.2) is 0 Å². The zero-order valence-electron chi connectivity index (χ0n) is 23.4. The van der Waals surface area contributed by atoms with Gasteiger partial charge in [0.25, 0.3) is 0 Å². The molecule has 0 bridgehead atoms. The molecule has 0 heterocycles. The number of carbonyl (C=O) groups excluding carboxylic acids is 2. The highest BCUT2D eigenvalue weighted by Gasteiger charge is 2.30. The second kappa shape index (κ2) is 14.4. The molecule has 3 rings (SSSR count). The summed E-state index contributed by atoms with van der Waals surface area (Å²) in [5, 5.41) is 3.13. The van der Waals surface area contributed by atoms with Crippen LogP contribution in [0.5, 0.6) is 5.75 Å². The second-order valence-electron chi connectivity index (χ2n) is 10.3. The molecule has 202 valence electrons. The van der Waals surface area contributed by atoms with Crippen molar-refractivity contribution >= 4 is 11.8 Å². The van der Waals surface area contributed by atoms with Crippen LogP contribution in [0.2, 0.25) is 0 Å². The number of nitrogens with zero attached hydrogens (tertiary/aromatic N) is 1. The highest BCUT2D eigenvalue weighted by Crippen LogP contribution is 2.21. The lowest BCUT2D eigenvalue weighted by Crippen LogP contribution is -2.52. The Hall–Kier alpha value is -3.60. The lowest BCUT2D eigenvalue weighted by atomic mass is 9.99. The van der Waals surface area contributed by atoms with Crippen molar-refractivity contribution in [2.75, 3.05) is 7.11 Å². The lowest BCUT2D eigenvalue weighted by Gasteiger charge is -2.32. The van der Waals surface area contributed by atoms with E-state index in [2.05, 4.69) is 43.4 Å². The van der Waals surface area contributed by atoms with Gasteiger partial charge in [-0.15, -0.1) is 0 Å². The van der Waals surface area contributed by atoms with Crippen molar-refractivity contribution in [3.05, 3.63) is 101 Å². The summed E-state index contributed by atoms with van der Waals surface area (Å²) in [6.07, 6.45) is 2.21. The van der Waals surface area contributed by atoms with Gasteiger partial charge in [-0.3, -0.25) is 9.59 Å². The predicted molar refractivity (Wildman–Crippen MR) is 154 cm³/mol. The Morgan fingerprint density at radius 1 is 0.868 bits per heavy atom. The molecule has 5 heteroatoms. The van der Waals surface area contributed by atoms with Crippen molar-refractivity contribution in [3.8, 4) is 5.75 Å². The third-order valence-electron chi connectivity index (χ3n) is 7.03. The SMILES string of the molecule is CC[C@@H](C)NC(=O)[C@H](Cc1ccccc1)N(Cc1cccc(OC)c1)C(=O)CCc1ccc(C(C)C)cc1. The number of hydrogen-bond acceptors (Lipinski definition) is 3. The van der Waals surface area contributed by atoms with Crippen molar-refractivity contribution < 1.29 is 14.3 Å². The molecule has 2 atom stereocenters. The number of hydrogen-bond donors (Lipinski definition) is 1. The fraction of sp³-hybridized carbons (Fsp3) is 0.394. The molecule has 0 spiro atoms. The molecule has 3 aromatic carbocycles. The first kappa shape index (κ1) is 29.0. The van der Waals surface area contributed by atoms with Crippen molar-refractivity contribution in [1.82, 2.24) is 10.2 Å². The molecule has 0 unspecified atom stereocenters. The van der Waals surface area contributed by atoms with Gasteiger partial charge in [0.05, 0.1) is 7.11 Å². The number of nitrogens with one attached hydrogen (secondary N) is 1. The molecule has 0 aromatic heterocycles. The van der Waals surface area contributed by atoms with Crippen LogP contribution >= 0.6 is 0 Å². The summed E-state index contributed by atoms with van der Waals surface area (Å²) in [5.74, 6) is 1.03. The third-order valence-corrected chi connectivity index (χ3v) is 7.03. The largest absolute Gasteiger partial charge is 0.497 e. The second-order valence-corrected chi connectivity index (χ2v) is 10.3. The number of methoxy groups -OCH3 is 1. The maximum absolute atomic E-state index is 13.9. The Morgan fingerprint density at radius 3 is 2.18 bits per heavy atom. The topological polar surface area (TPSA) is 58.6 Å².